The van der Waals surface area contributed by atoms with Crippen molar-refractivity contribution >= 4 is 23.5 Å². The molecule has 7 nitrogen and oxygen atoms in total. The zero-order chi connectivity index (χ0) is 18.9. The van der Waals surface area contributed by atoms with E-state index in [1.807, 2.05) is 0 Å². The molecule has 2 fully saturated rings. The first-order valence-corrected chi connectivity index (χ1v) is 8.44. The number of carboxylic acids is 1. The van der Waals surface area contributed by atoms with Crippen LogP contribution in [0.1, 0.15) is 12.8 Å². The fraction of sp³-hybridized carbons (Fsp3) is 0.500. The first-order chi connectivity index (χ1) is 12.4. The molecule has 1 N–H and O–H groups in total. The molecule has 0 aromatic heterocycles. The molecule has 2 saturated heterocycles. The highest BCUT2D eigenvalue weighted by atomic mass is 19.1. The highest BCUT2D eigenvalue weighted by molar-refractivity contribution is 6.00. The van der Waals surface area contributed by atoms with Gasteiger partial charge in [-0.2, -0.15) is 0 Å². The summed E-state index contributed by atoms with van der Waals surface area (Å²) in [7, 11) is 1.43. The number of methoxy groups -OCH3 is 1. The van der Waals surface area contributed by atoms with Crippen LogP contribution in [0.3, 0.4) is 0 Å². The molecule has 140 valence electrons. The maximum absolute atomic E-state index is 14.0. The third kappa shape index (κ3) is 3.16. The number of rotatable bonds is 5. The summed E-state index contributed by atoms with van der Waals surface area (Å²) in [4.78, 5) is 39.4. The number of carboxylic acid groups (broad SMARTS) is 1. The lowest BCUT2D eigenvalue weighted by Gasteiger charge is -2.25. The lowest BCUT2D eigenvalue weighted by atomic mass is 9.88. The lowest BCUT2D eigenvalue weighted by Crippen LogP contribution is -2.42. The standard InChI is InChI=1S/C18H21FN2O5/c1-26-11-18(17(24)25)6-7-20(10-18)16(23)12-8-15(22)21(9-12)14-5-3-2-4-13(14)19/h2-5,12H,6-11H2,1H3,(H,24,25). The van der Waals surface area contributed by atoms with Crippen molar-refractivity contribution in [2.24, 2.45) is 11.3 Å². The lowest BCUT2D eigenvalue weighted by molar-refractivity contribution is -0.152. The second kappa shape index (κ2) is 7.03. The van der Waals surface area contributed by atoms with E-state index in [4.69, 9.17) is 4.74 Å². The van der Waals surface area contributed by atoms with Gasteiger partial charge in [0.15, 0.2) is 0 Å². The first-order valence-electron chi connectivity index (χ1n) is 8.44. The van der Waals surface area contributed by atoms with Crippen molar-refractivity contribution < 1.29 is 28.6 Å². The Morgan fingerprint density at radius 1 is 1.38 bits per heavy atom. The van der Waals surface area contributed by atoms with Gasteiger partial charge in [-0.1, -0.05) is 12.1 Å². The molecule has 2 amide bonds. The number of amides is 2. The molecule has 2 atom stereocenters. The van der Waals surface area contributed by atoms with E-state index in [1.165, 1.54) is 35.1 Å². The number of benzene rings is 1. The maximum atomic E-state index is 14.0. The van der Waals surface area contributed by atoms with Crippen LogP contribution in [-0.2, 0) is 19.1 Å². The number of hydrogen-bond acceptors (Lipinski definition) is 4. The van der Waals surface area contributed by atoms with Crippen molar-refractivity contribution in [1.29, 1.82) is 0 Å². The number of halogens is 1. The number of anilines is 1. The molecule has 0 radical (unpaired) electrons. The summed E-state index contributed by atoms with van der Waals surface area (Å²) < 4.78 is 19.0. The summed E-state index contributed by atoms with van der Waals surface area (Å²) in [5.74, 6) is -2.69. The van der Waals surface area contributed by atoms with Crippen LogP contribution in [0, 0.1) is 17.2 Å². The third-order valence-corrected chi connectivity index (χ3v) is 5.16. The van der Waals surface area contributed by atoms with Crippen molar-refractivity contribution in [3.8, 4) is 0 Å². The molecule has 2 aliphatic heterocycles. The van der Waals surface area contributed by atoms with E-state index in [0.717, 1.165) is 0 Å². The van der Waals surface area contributed by atoms with Crippen LogP contribution >= 0.6 is 0 Å². The fourth-order valence-electron chi connectivity index (χ4n) is 3.73. The van der Waals surface area contributed by atoms with Gasteiger partial charge in [0.1, 0.15) is 11.2 Å². The van der Waals surface area contributed by atoms with Gasteiger partial charge < -0.3 is 19.6 Å². The number of hydrogen-bond donors (Lipinski definition) is 1. The van der Waals surface area contributed by atoms with E-state index in [-0.39, 0.29) is 43.6 Å². The summed E-state index contributed by atoms with van der Waals surface area (Å²) in [6.07, 6.45) is 0.299. The second-order valence-corrected chi connectivity index (χ2v) is 6.89. The van der Waals surface area contributed by atoms with Crippen LogP contribution in [0.4, 0.5) is 10.1 Å². The van der Waals surface area contributed by atoms with Crippen LogP contribution in [0.5, 0.6) is 0 Å². The topological polar surface area (TPSA) is 87.1 Å². The van der Waals surface area contributed by atoms with E-state index in [1.54, 1.807) is 6.07 Å². The Morgan fingerprint density at radius 3 is 2.77 bits per heavy atom. The largest absolute Gasteiger partial charge is 0.481 e. The van der Waals surface area contributed by atoms with Crippen LogP contribution in [0.15, 0.2) is 24.3 Å². The van der Waals surface area contributed by atoms with Gasteiger partial charge in [-0.15, -0.1) is 0 Å². The zero-order valence-electron chi connectivity index (χ0n) is 14.5. The normalized spacial score (nSPS) is 25.8. The summed E-state index contributed by atoms with van der Waals surface area (Å²) in [6, 6.07) is 5.94. The van der Waals surface area contributed by atoms with Crippen LogP contribution in [0.2, 0.25) is 0 Å². The molecule has 2 heterocycles. The molecular weight excluding hydrogens is 343 g/mol. The molecule has 1 aromatic rings. The highest BCUT2D eigenvalue weighted by Crippen LogP contribution is 2.34. The first kappa shape index (κ1) is 18.3. The summed E-state index contributed by atoms with van der Waals surface area (Å²) in [5.41, 5.74) is -0.952. The Kier molecular flexibility index (Phi) is 4.95. The molecule has 3 rings (SSSR count). The summed E-state index contributed by atoms with van der Waals surface area (Å²) in [6.45, 7) is 0.481. The predicted molar refractivity (Wildman–Crippen MR) is 90.0 cm³/mol. The van der Waals surface area contributed by atoms with Gasteiger partial charge in [-0.25, -0.2) is 4.39 Å². The molecule has 0 aliphatic carbocycles. The SMILES string of the molecule is COCC1(C(=O)O)CCN(C(=O)C2CC(=O)N(c3ccccc3F)C2)C1. The van der Waals surface area contributed by atoms with Gasteiger partial charge in [0, 0.05) is 33.2 Å². The number of aliphatic carboxylic acids is 1. The molecule has 2 unspecified atom stereocenters. The van der Waals surface area contributed by atoms with Crippen LogP contribution in [-0.4, -0.2) is 61.1 Å². The predicted octanol–water partition coefficient (Wildman–Crippen LogP) is 1.13. The minimum absolute atomic E-state index is 0.00594. The summed E-state index contributed by atoms with van der Waals surface area (Å²) >= 11 is 0. The summed E-state index contributed by atoms with van der Waals surface area (Å²) in [5, 5.41) is 9.50. The number of nitrogens with zero attached hydrogens (tertiary/aromatic N) is 2. The molecule has 0 saturated carbocycles. The number of carbonyl (C=O) groups excluding carboxylic acids is 2. The Morgan fingerprint density at radius 2 is 2.12 bits per heavy atom. The maximum Gasteiger partial charge on any atom is 0.313 e. The van der Waals surface area contributed by atoms with Gasteiger partial charge in [-0.3, -0.25) is 14.4 Å². The average molecular weight is 364 g/mol. The average Bonchev–Trinajstić information content (AvgIpc) is 3.20. The number of likely N-dealkylation sites (tertiary alicyclic amines) is 1. The number of para-hydroxylation sites is 1. The van der Waals surface area contributed by atoms with Crippen molar-refractivity contribution in [3.63, 3.8) is 0 Å². The molecule has 8 heteroatoms. The van der Waals surface area contributed by atoms with Crippen molar-refractivity contribution in [2.75, 3.05) is 38.3 Å². The Hall–Kier alpha value is -2.48. The minimum Gasteiger partial charge on any atom is -0.481 e. The van der Waals surface area contributed by atoms with Gasteiger partial charge in [0.25, 0.3) is 0 Å². The number of ether oxygens (including phenoxy) is 1. The third-order valence-electron chi connectivity index (χ3n) is 5.16. The molecule has 0 bridgehead atoms. The van der Waals surface area contributed by atoms with Gasteiger partial charge >= 0.3 is 5.97 Å². The van der Waals surface area contributed by atoms with Gasteiger partial charge in [0.05, 0.1) is 18.2 Å². The van der Waals surface area contributed by atoms with E-state index in [2.05, 4.69) is 0 Å². The van der Waals surface area contributed by atoms with Crippen molar-refractivity contribution in [1.82, 2.24) is 4.90 Å². The zero-order valence-corrected chi connectivity index (χ0v) is 14.5. The molecule has 26 heavy (non-hydrogen) atoms. The number of carbonyl (C=O) groups is 3. The van der Waals surface area contributed by atoms with Gasteiger partial charge in [-0.05, 0) is 18.6 Å². The van der Waals surface area contributed by atoms with Crippen LogP contribution in [0.25, 0.3) is 0 Å². The Bertz CT molecular complexity index is 740. The van der Waals surface area contributed by atoms with Gasteiger partial charge in [0.2, 0.25) is 11.8 Å². The van der Waals surface area contributed by atoms with Crippen molar-refractivity contribution in [2.45, 2.75) is 12.8 Å². The quantitative estimate of drug-likeness (QED) is 0.846. The van der Waals surface area contributed by atoms with E-state index in [9.17, 15) is 23.9 Å². The van der Waals surface area contributed by atoms with E-state index >= 15 is 0 Å². The fourth-order valence-corrected chi connectivity index (χ4v) is 3.73. The molecular formula is C18H21FN2O5. The molecule has 1 aromatic carbocycles. The van der Waals surface area contributed by atoms with E-state index < -0.39 is 23.1 Å². The van der Waals surface area contributed by atoms with E-state index in [0.29, 0.717) is 13.0 Å². The minimum atomic E-state index is -1.11. The molecule has 0 spiro atoms. The monoisotopic (exact) mass is 364 g/mol. The smallest absolute Gasteiger partial charge is 0.313 e. The Balaban J connectivity index is 1.71. The molecule has 2 aliphatic rings. The highest BCUT2D eigenvalue weighted by Gasteiger charge is 2.48. The van der Waals surface area contributed by atoms with Crippen molar-refractivity contribution in [3.05, 3.63) is 30.1 Å². The Labute approximate surface area is 150 Å². The second-order valence-electron chi connectivity index (χ2n) is 6.89. The van der Waals surface area contributed by atoms with Crippen LogP contribution < -0.4 is 4.90 Å².